The summed E-state index contributed by atoms with van der Waals surface area (Å²) in [5.74, 6) is 0. The molecule has 0 saturated carbocycles. The summed E-state index contributed by atoms with van der Waals surface area (Å²) in [4.78, 5) is 15.5. The molecule has 1 atom stereocenters. The molecule has 1 heterocycles. The second-order valence-corrected chi connectivity index (χ2v) is 4.54. The Labute approximate surface area is 106 Å². The third kappa shape index (κ3) is 2.65. The van der Waals surface area contributed by atoms with Crippen molar-refractivity contribution in [2.45, 2.75) is 26.4 Å². The van der Waals surface area contributed by atoms with Crippen LogP contribution >= 0.6 is 0 Å². The van der Waals surface area contributed by atoms with Crippen molar-refractivity contribution in [3.05, 3.63) is 63.8 Å². The molecule has 2 aromatic rings. The second kappa shape index (κ2) is 5.14. The Balaban J connectivity index is 2.27. The molecule has 94 valence electrons. The molecule has 2 rings (SSSR count). The van der Waals surface area contributed by atoms with E-state index >= 15 is 0 Å². The van der Waals surface area contributed by atoms with Crippen LogP contribution in [0.25, 0.3) is 0 Å². The number of aromatic nitrogens is 2. The Bertz CT molecular complexity index is 604. The van der Waals surface area contributed by atoms with Gasteiger partial charge in [0.1, 0.15) is 0 Å². The highest BCUT2D eigenvalue weighted by molar-refractivity contribution is 5.32. The van der Waals surface area contributed by atoms with Crippen molar-refractivity contribution in [1.29, 1.82) is 0 Å². The first-order valence-electron chi connectivity index (χ1n) is 5.91. The first kappa shape index (κ1) is 12.5. The van der Waals surface area contributed by atoms with E-state index in [1.54, 1.807) is 0 Å². The third-order valence-corrected chi connectivity index (χ3v) is 3.02. The summed E-state index contributed by atoms with van der Waals surface area (Å²) in [5.41, 5.74) is 9.49. The van der Waals surface area contributed by atoms with Gasteiger partial charge in [0, 0.05) is 24.8 Å². The van der Waals surface area contributed by atoms with Crippen molar-refractivity contribution in [2.24, 2.45) is 5.73 Å². The van der Waals surface area contributed by atoms with E-state index in [9.17, 15) is 4.79 Å². The maximum absolute atomic E-state index is 11.6. The van der Waals surface area contributed by atoms with E-state index in [0.29, 0.717) is 6.54 Å². The molecule has 0 aliphatic carbocycles. The summed E-state index contributed by atoms with van der Waals surface area (Å²) >= 11 is 0. The highest BCUT2D eigenvalue weighted by Gasteiger charge is 2.10. The summed E-state index contributed by atoms with van der Waals surface area (Å²) in [7, 11) is 0. The van der Waals surface area contributed by atoms with Gasteiger partial charge in [-0.15, -0.1) is 0 Å². The maximum Gasteiger partial charge on any atom is 0.253 e. The second-order valence-electron chi connectivity index (χ2n) is 4.54. The minimum Gasteiger partial charge on any atom is -0.322 e. The average Bonchev–Trinajstić information content (AvgIpc) is 2.35. The summed E-state index contributed by atoms with van der Waals surface area (Å²) < 4.78 is 1.53. The highest BCUT2D eigenvalue weighted by Crippen LogP contribution is 2.18. The fourth-order valence-corrected chi connectivity index (χ4v) is 1.99. The standard InChI is InChI=1S/C14H17N3O/c1-10-3-4-11(2)12(7-10)13(15)8-17-9-16-6-5-14(17)18/h3-7,9,13H,8,15H2,1-2H3. The number of benzene rings is 1. The van der Waals surface area contributed by atoms with E-state index in [1.165, 1.54) is 28.7 Å². The van der Waals surface area contributed by atoms with Crippen molar-refractivity contribution in [3.8, 4) is 0 Å². The predicted molar refractivity (Wildman–Crippen MR) is 71.3 cm³/mol. The Morgan fingerprint density at radius 2 is 2.11 bits per heavy atom. The van der Waals surface area contributed by atoms with Gasteiger partial charge < -0.3 is 5.73 Å². The Hall–Kier alpha value is -1.94. The fourth-order valence-electron chi connectivity index (χ4n) is 1.99. The third-order valence-electron chi connectivity index (χ3n) is 3.02. The quantitative estimate of drug-likeness (QED) is 0.890. The van der Waals surface area contributed by atoms with Crippen molar-refractivity contribution >= 4 is 0 Å². The van der Waals surface area contributed by atoms with Gasteiger partial charge in [0.2, 0.25) is 0 Å². The van der Waals surface area contributed by atoms with Crippen LogP contribution in [0.3, 0.4) is 0 Å². The molecule has 0 saturated heterocycles. The van der Waals surface area contributed by atoms with Crippen LogP contribution in [0.4, 0.5) is 0 Å². The van der Waals surface area contributed by atoms with Crippen LogP contribution in [0.2, 0.25) is 0 Å². The maximum atomic E-state index is 11.6. The predicted octanol–water partition coefficient (Wildman–Crippen LogP) is 1.56. The van der Waals surface area contributed by atoms with Crippen LogP contribution in [-0.2, 0) is 6.54 Å². The van der Waals surface area contributed by atoms with Crippen LogP contribution in [0.15, 0.2) is 41.6 Å². The SMILES string of the molecule is Cc1ccc(C)c(C(N)Cn2cnccc2=O)c1. The van der Waals surface area contributed by atoms with E-state index < -0.39 is 0 Å². The van der Waals surface area contributed by atoms with Crippen LogP contribution in [0, 0.1) is 13.8 Å². The van der Waals surface area contributed by atoms with Gasteiger partial charge in [0.25, 0.3) is 5.56 Å². The van der Waals surface area contributed by atoms with Gasteiger partial charge in [0.15, 0.2) is 0 Å². The molecule has 0 fully saturated rings. The lowest BCUT2D eigenvalue weighted by molar-refractivity contribution is 0.552. The molecular weight excluding hydrogens is 226 g/mol. The van der Waals surface area contributed by atoms with Gasteiger partial charge in [-0.2, -0.15) is 0 Å². The van der Waals surface area contributed by atoms with Crippen LogP contribution in [0.5, 0.6) is 0 Å². The van der Waals surface area contributed by atoms with E-state index in [0.717, 1.165) is 11.1 Å². The van der Waals surface area contributed by atoms with Crippen LogP contribution in [0.1, 0.15) is 22.7 Å². The van der Waals surface area contributed by atoms with Gasteiger partial charge in [-0.25, -0.2) is 4.98 Å². The Morgan fingerprint density at radius 3 is 2.83 bits per heavy atom. The summed E-state index contributed by atoms with van der Waals surface area (Å²) in [6, 6.07) is 7.42. The van der Waals surface area contributed by atoms with Gasteiger partial charge in [-0.1, -0.05) is 23.8 Å². The zero-order valence-corrected chi connectivity index (χ0v) is 10.6. The minimum atomic E-state index is -0.202. The van der Waals surface area contributed by atoms with Gasteiger partial charge >= 0.3 is 0 Å². The number of hydrogen-bond donors (Lipinski definition) is 1. The molecule has 0 amide bonds. The van der Waals surface area contributed by atoms with Gasteiger partial charge in [0.05, 0.1) is 6.33 Å². The first-order chi connectivity index (χ1) is 8.58. The summed E-state index contributed by atoms with van der Waals surface area (Å²) in [5, 5.41) is 0. The molecule has 0 spiro atoms. The number of nitrogens with two attached hydrogens (primary N) is 1. The van der Waals surface area contributed by atoms with Crippen LogP contribution < -0.4 is 11.3 Å². The monoisotopic (exact) mass is 243 g/mol. The molecule has 1 unspecified atom stereocenters. The zero-order valence-electron chi connectivity index (χ0n) is 10.6. The smallest absolute Gasteiger partial charge is 0.253 e. The lowest BCUT2D eigenvalue weighted by Crippen LogP contribution is -2.26. The van der Waals surface area contributed by atoms with Gasteiger partial charge in [-0.05, 0) is 25.0 Å². The number of nitrogens with zero attached hydrogens (tertiary/aromatic N) is 2. The normalized spacial score (nSPS) is 12.4. The van der Waals surface area contributed by atoms with Gasteiger partial charge in [-0.3, -0.25) is 9.36 Å². The van der Waals surface area contributed by atoms with E-state index in [-0.39, 0.29) is 11.6 Å². The number of aryl methyl sites for hydroxylation is 2. The molecule has 0 radical (unpaired) electrons. The minimum absolute atomic E-state index is 0.0780. The Kier molecular flexibility index (Phi) is 3.58. The zero-order chi connectivity index (χ0) is 13.1. The Morgan fingerprint density at radius 1 is 1.33 bits per heavy atom. The van der Waals surface area contributed by atoms with Crippen LogP contribution in [-0.4, -0.2) is 9.55 Å². The number of hydrogen-bond acceptors (Lipinski definition) is 3. The van der Waals surface area contributed by atoms with E-state index in [4.69, 9.17) is 5.73 Å². The molecule has 4 heteroatoms. The highest BCUT2D eigenvalue weighted by atomic mass is 16.1. The number of rotatable bonds is 3. The summed E-state index contributed by atoms with van der Waals surface area (Å²) in [6.07, 6.45) is 3.01. The molecule has 0 bridgehead atoms. The molecule has 1 aromatic heterocycles. The topological polar surface area (TPSA) is 60.9 Å². The van der Waals surface area contributed by atoms with Crippen molar-refractivity contribution in [2.75, 3.05) is 0 Å². The fraction of sp³-hybridized carbons (Fsp3) is 0.286. The molecule has 1 aromatic carbocycles. The lowest BCUT2D eigenvalue weighted by atomic mass is 9.99. The van der Waals surface area contributed by atoms with E-state index in [1.807, 2.05) is 13.8 Å². The van der Waals surface area contributed by atoms with Crippen molar-refractivity contribution < 1.29 is 0 Å². The molecule has 0 aliphatic rings. The lowest BCUT2D eigenvalue weighted by Gasteiger charge is -2.16. The molecule has 18 heavy (non-hydrogen) atoms. The summed E-state index contributed by atoms with van der Waals surface area (Å²) in [6.45, 7) is 4.50. The molecule has 4 nitrogen and oxygen atoms in total. The first-order valence-corrected chi connectivity index (χ1v) is 5.91. The molecule has 2 N–H and O–H groups in total. The largest absolute Gasteiger partial charge is 0.322 e. The van der Waals surface area contributed by atoms with Crippen molar-refractivity contribution in [3.63, 3.8) is 0 Å². The molecule has 0 aliphatic heterocycles. The molecular formula is C14H17N3O. The van der Waals surface area contributed by atoms with Crippen molar-refractivity contribution in [1.82, 2.24) is 9.55 Å². The average molecular weight is 243 g/mol. The van der Waals surface area contributed by atoms with E-state index in [2.05, 4.69) is 23.2 Å².